The topological polar surface area (TPSA) is 58.2 Å². The molecular formula is C20H20ClFN2O2. The third kappa shape index (κ3) is 4.22. The van der Waals surface area contributed by atoms with Gasteiger partial charge in [-0.3, -0.25) is 9.59 Å². The Labute approximate surface area is 156 Å². The number of benzene rings is 2. The highest BCUT2D eigenvalue weighted by Gasteiger charge is 2.48. The SMILES string of the molecule is Cc1cc(C)c(NC(=O)C2CC2C(=O)NCc2ccc(F)cc2)c(Cl)c1. The van der Waals surface area contributed by atoms with Gasteiger partial charge in [0.2, 0.25) is 11.8 Å². The summed E-state index contributed by atoms with van der Waals surface area (Å²) in [6.45, 7) is 4.13. The number of carbonyl (C=O) groups excluding carboxylic acids is 2. The summed E-state index contributed by atoms with van der Waals surface area (Å²) in [6, 6.07) is 9.68. The molecule has 0 radical (unpaired) electrons. The minimum absolute atomic E-state index is 0.166. The van der Waals surface area contributed by atoms with Crippen LogP contribution in [0.4, 0.5) is 10.1 Å². The maximum absolute atomic E-state index is 12.9. The lowest BCUT2D eigenvalue weighted by Crippen LogP contribution is -2.27. The minimum atomic E-state index is -0.347. The first-order valence-electron chi connectivity index (χ1n) is 8.45. The number of anilines is 1. The molecule has 0 heterocycles. The van der Waals surface area contributed by atoms with Gasteiger partial charge in [-0.05, 0) is 55.2 Å². The van der Waals surface area contributed by atoms with Crippen LogP contribution in [0.3, 0.4) is 0 Å². The van der Waals surface area contributed by atoms with Crippen LogP contribution < -0.4 is 10.6 Å². The fraction of sp³-hybridized carbons (Fsp3) is 0.300. The standard InChI is InChI=1S/C20H20ClFN2O2/c1-11-7-12(2)18(17(21)8-11)24-20(26)16-9-15(16)19(25)23-10-13-3-5-14(22)6-4-13/h3-8,15-16H,9-10H2,1-2H3,(H,23,25)(H,24,26). The Balaban J connectivity index is 1.53. The van der Waals surface area contributed by atoms with E-state index >= 15 is 0 Å². The molecule has 2 aromatic rings. The molecule has 0 bridgehead atoms. The van der Waals surface area contributed by atoms with E-state index in [0.29, 0.717) is 23.7 Å². The van der Waals surface area contributed by atoms with E-state index in [1.807, 2.05) is 19.9 Å². The second kappa shape index (κ2) is 7.46. The monoisotopic (exact) mass is 374 g/mol. The molecule has 2 amide bonds. The zero-order valence-electron chi connectivity index (χ0n) is 14.6. The van der Waals surface area contributed by atoms with Crippen molar-refractivity contribution in [1.29, 1.82) is 0 Å². The van der Waals surface area contributed by atoms with Gasteiger partial charge in [-0.1, -0.05) is 29.8 Å². The molecule has 2 unspecified atom stereocenters. The van der Waals surface area contributed by atoms with Gasteiger partial charge in [-0.25, -0.2) is 4.39 Å². The second-order valence-electron chi connectivity index (χ2n) is 6.72. The van der Waals surface area contributed by atoms with Gasteiger partial charge in [-0.15, -0.1) is 0 Å². The Hall–Kier alpha value is -2.40. The summed E-state index contributed by atoms with van der Waals surface area (Å²) < 4.78 is 12.9. The van der Waals surface area contributed by atoms with Crippen molar-refractivity contribution in [1.82, 2.24) is 5.32 Å². The third-order valence-corrected chi connectivity index (χ3v) is 4.82. The molecule has 4 nitrogen and oxygen atoms in total. The quantitative estimate of drug-likeness (QED) is 0.831. The fourth-order valence-electron chi connectivity index (χ4n) is 2.99. The Morgan fingerprint density at radius 3 is 2.42 bits per heavy atom. The number of rotatable bonds is 5. The van der Waals surface area contributed by atoms with Crippen LogP contribution in [0, 0.1) is 31.5 Å². The van der Waals surface area contributed by atoms with E-state index in [1.165, 1.54) is 12.1 Å². The van der Waals surface area contributed by atoms with Crippen LogP contribution in [-0.2, 0) is 16.1 Å². The first-order chi connectivity index (χ1) is 12.3. The molecule has 1 aliphatic carbocycles. The number of hydrogen-bond acceptors (Lipinski definition) is 2. The zero-order valence-corrected chi connectivity index (χ0v) is 15.4. The van der Waals surface area contributed by atoms with Crippen LogP contribution in [0.2, 0.25) is 5.02 Å². The van der Waals surface area contributed by atoms with Crippen molar-refractivity contribution in [2.75, 3.05) is 5.32 Å². The van der Waals surface area contributed by atoms with Crippen molar-refractivity contribution in [2.45, 2.75) is 26.8 Å². The van der Waals surface area contributed by atoms with Gasteiger partial charge >= 0.3 is 0 Å². The number of amides is 2. The van der Waals surface area contributed by atoms with Crippen LogP contribution in [0.15, 0.2) is 36.4 Å². The molecule has 2 aromatic carbocycles. The Bertz CT molecular complexity index is 828. The van der Waals surface area contributed by atoms with Crippen molar-refractivity contribution in [3.63, 3.8) is 0 Å². The van der Waals surface area contributed by atoms with Gasteiger partial charge in [0.15, 0.2) is 0 Å². The normalized spacial score (nSPS) is 18.3. The molecule has 2 N–H and O–H groups in total. The van der Waals surface area contributed by atoms with Crippen LogP contribution in [-0.4, -0.2) is 11.8 Å². The summed E-state index contributed by atoms with van der Waals surface area (Å²) in [7, 11) is 0. The molecule has 1 fully saturated rings. The maximum Gasteiger partial charge on any atom is 0.228 e. The highest BCUT2D eigenvalue weighted by atomic mass is 35.5. The number of carbonyl (C=O) groups is 2. The van der Waals surface area contributed by atoms with Gasteiger partial charge in [0.1, 0.15) is 5.82 Å². The third-order valence-electron chi connectivity index (χ3n) is 4.52. The molecule has 6 heteroatoms. The smallest absolute Gasteiger partial charge is 0.228 e. The molecule has 1 saturated carbocycles. The summed E-state index contributed by atoms with van der Waals surface area (Å²) in [5.74, 6) is -1.36. The van der Waals surface area contributed by atoms with E-state index in [2.05, 4.69) is 10.6 Å². The Morgan fingerprint density at radius 2 is 1.77 bits per heavy atom. The van der Waals surface area contributed by atoms with Crippen molar-refractivity contribution in [3.8, 4) is 0 Å². The molecule has 26 heavy (non-hydrogen) atoms. The molecule has 136 valence electrons. The average molecular weight is 375 g/mol. The first kappa shape index (κ1) is 18.4. The predicted molar refractivity (Wildman–Crippen MR) is 99.4 cm³/mol. The Kier molecular flexibility index (Phi) is 5.28. The molecular weight excluding hydrogens is 355 g/mol. The molecule has 0 aromatic heterocycles. The first-order valence-corrected chi connectivity index (χ1v) is 8.82. The molecule has 2 atom stereocenters. The number of halogens is 2. The summed E-state index contributed by atoms with van der Waals surface area (Å²) in [5.41, 5.74) is 3.32. The van der Waals surface area contributed by atoms with Gasteiger partial charge in [-0.2, -0.15) is 0 Å². The molecule has 0 spiro atoms. The van der Waals surface area contributed by atoms with E-state index in [9.17, 15) is 14.0 Å². The average Bonchev–Trinajstić information content (AvgIpc) is 3.38. The van der Waals surface area contributed by atoms with Gasteiger partial charge in [0, 0.05) is 6.54 Å². The van der Waals surface area contributed by atoms with Crippen molar-refractivity contribution in [2.24, 2.45) is 11.8 Å². The lowest BCUT2D eigenvalue weighted by Gasteiger charge is -2.11. The summed E-state index contributed by atoms with van der Waals surface area (Å²) in [5, 5.41) is 6.13. The largest absolute Gasteiger partial charge is 0.352 e. The van der Waals surface area contributed by atoms with E-state index in [4.69, 9.17) is 11.6 Å². The van der Waals surface area contributed by atoms with Crippen molar-refractivity contribution >= 4 is 29.1 Å². The molecule has 0 saturated heterocycles. The number of nitrogens with one attached hydrogen (secondary N) is 2. The lowest BCUT2D eigenvalue weighted by atomic mass is 10.1. The second-order valence-corrected chi connectivity index (χ2v) is 7.13. The fourth-order valence-corrected chi connectivity index (χ4v) is 3.36. The van der Waals surface area contributed by atoms with Crippen molar-refractivity contribution in [3.05, 3.63) is 63.9 Å². The van der Waals surface area contributed by atoms with E-state index in [0.717, 1.165) is 16.7 Å². The molecule has 0 aliphatic heterocycles. The summed E-state index contributed by atoms with van der Waals surface area (Å²) >= 11 is 6.21. The van der Waals surface area contributed by atoms with E-state index in [-0.39, 0.29) is 29.5 Å². The zero-order chi connectivity index (χ0) is 18.8. The van der Waals surface area contributed by atoms with Gasteiger partial charge in [0.25, 0.3) is 0 Å². The molecule has 3 rings (SSSR count). The molecule has 1 aliphatic rings. The van der Waals surface area contributed by atoms with Crippen LogP contribution in [0.25, 0.3) is 0 Å². The highest BCUT2D eigenvalue weighted by molar-refractivity contribution is 6.34. The minimum Gasteiger partial charge on any atom is -0.352 e. The highest BCUT2D eigenvalue weighted by Crippen LogP contribution is 2.40. The van der Waals surface area contributed by atoms with Gasteiger partial charge < -0.3 is 10.6 Å². The Morgan fingerprint density at radius 1 is 1.12 bits per heavy atom. The summed E-state index contributed by atoms with van der Waals surface area (Å²) in [4.78, 5) is 24.6. The van der Waals surface area contributed by atoms with Crippen LogP contribution >= 0.6 is 11.6 Å². The lowest BCUT2D eigenvalue weighted by molar-refractivity contribution is -0.125. The van der Waals surface area contributed by atoms with E-state index < -0.39 is 0 Å². The van der Waals surface area contributed by atoms with Crippen molar-refractivity contribution < 1.29 is 14.0 Å². The summed E-state index contributed by atoms with van der Waals surface area (Å²) in [6.07, 6.45) is 0.517. The van der Waals surface area contributed by atoms with Crippen LogP contribution in [0.1, 0.15) is 23.1 Å². The van der Waals surface area contributed by atoms with Gasteiger partial charge in [0.05, 0.1) is 22.5 Å². The van der Waals surface area contributed by atoms with Crippen LogP contribution in [0.5, 0.6) is 0 Å². The number of hydrogen-bond donors (Lipinski definition) is 2. The number of aryl methyl sites for hydroxylation is 2. The maximum atomic E-state index is 12.9. The predicted octanol–water partition coefficient (Wildman–Crippen LogP) is 3.99. The van der Waals surface area contributed by atoms with E-state index in [1.54, 1.807) is 18.2 Å².